The molecule has 0 amide bonds. The summed E-state index contributed by atoms with van der Waals surface area (Å²) in [5, 5.41) is 13.2. The van der Waals surface area contributed by atoms with Crippen LogP contribution in [0.25, 0.3) is 0 Å². The van der Waals surface area contributed by atoms with Gasteiger partial charge in [-0.25, -0.2) is 0 Å². The van der Waals surface area contributed by atoms with Crippen molar-refractivity contribution in [2.45, 2.75) is 57.5 Å². The molecule has 1 saturated carbocycles. The maximum Gasteiger partial charge on any atom is 0.0474 e. The predicted molar refractivity (Wildman–Crippen MR) is 71.1 cm³/mol. The van der Waals surface area contributed by atoms with E-state index in [1.807, 2.05) is 0 Å². The fraction of sp³-hybridized carbons (Fsp3) is 1.00. The minimum Gasteiger partial charge on any atom is -0.396 e. The van der Waals surface area contributed by atoms with Crippen LogP contribution in [0.4, 0.5) is 0 Å². The standard InChI is InChI=1S/C14H28N2O/c1-2-16-9-7-13(8-10-16)15-14-6-4-3-5-12(14)11-17/h12-15,17H,2-11H2,1H3. The van der Waals surface area contributed by atoms with Crippen LogP contribution in [-0.2, 0) is 0 Å². The Morgan fingerprint density at radius 3 is 2.47 bits per heavy atom. The average molecular weight is 240 g/mol. The highest BCUT2D eigenvalue weighted by atomic mass is 16.3. The van der Waals surface area contributed by atoms with Gasteiger partial charge in [-0.05, 0) is 51.2 Å². The maximum absolute atomic E-state index is 9.42. The molecule has 3 nitrogen and oxygen atoms in total. The Hall–Kier alpha value is -0.120. The molecule has 2 aliphatic rings. The van der Waals surface area contributed by atoms with Gasteiger partial charge in [-0.2, -0.15) is 0 Å². The molecule has 1 heterocycles. The quantitative estimate of drug-likeness (QED) is 0.784. The smallest absolute Gasteiger partial charge is 0.0474 e. The highest BCUT2D eigenvalue weighted by Crippen LogP contribution is 2.25. The van der Waals surface area contributed by atoms with Crippen molar-refractivity contribution in [1.29, 1.82) is 0 Å². The lowest BCUT2D eigenvalue weighted by atomic mass is 9.84. The Morgan fingerprint density at radius 2 is 1.82 bits per heavy atom. The van der Waals surface area contributed by atoms with Crippen molar-refractivity contribution in [1.82, 2.24) is 10.2 Å². The molecule has 2 rings (SSSR count). The molecule has 0 aromatic rings. The summed E-state index contributed by atoms with van der Waals surface area (Å²) in [5.74, 6) is 0.507. The normalized spacial score (nSPS) is 32.8. The first-order valence-corrected chi connectivity index (χ1v) is 7.42. The fourth-order valence-corrected chi connectivity index (χ4v) is 3.36. The minimum absolute atomic E-state index is 0.367. The van der Waals surface area contributed by atoms with Crippen molar-refractivity contribution in [3.63, 3.8) is 0 Å². The molecule has 0 bridgehead atoms. The fourth-order valence-electron chi connectivity index (χ4n) is 3.36. The molecule has 100 valence electrons. The Bertz CT molecular complexity index is 214. The molecule has 1 aliphatic heterocycles. The molecule has 2 N–H and O–H groups in total. The van der Waals surface area contributed by atoms with Gasteiger partial charge in [-0.15, -0.1) is 0 Å². The zero-order chi connectivity index (χ0) is 12.1. The third kappa shape index (κ3) is 3.67. The third-order valence-corrected chi connectivity index (χ3v) is 4.63. The SMILES string of the molecule is CCN1CCC(NC2CCCCC2CO)CC1. The molecular weight excluding hydrogens is 212 g/mol. The summed E-state index contributed by atoms with van der Waals surface area (Å²) in [5.41, 5.74) is 0. The van der Waals surface area contributed by atoms with Gasteiger partial charge in [0.1, 0.15) is 0 Å². The van der Waals surface area contributed by atoms with E-state index in [0.717, 1.165) is 0 Å². The first-order valence-electron chi connectivity index (χ1n) is 7.42. The summed E-state index contributed by atoms with van der Waals surface area (Å²) in [6, 6.07) is 1.27. The maximum atomic E-state index is 9.42. The van der Waals surface area contributed by atoms with E-state index in [-0.39, 0.29) is 0 Å². The topological polar surface area (TPSA) is 35.5 Å². The van der Waals surface area contributed by atoms with Gasteiger partial charge >= 0.3 is 0 Å². The number of likely N-dealkylation sites (tertiary alicyclic amines) is 1. The van der Waals surface area contributed by atoms with Gasteiger partial charge in [0.25, 0.3) is 0 Å². The van der Waals surface area contributed by atoms with Crippen LogP contribution in [-0.4, -0.2) is 48.3 Å². The summed E-state index contributed by atoms with van der Waals surface area (Å²) < 4.78 is 0. The van der Waals surface area contributed by atoms with E-state index < -0.39 is 0 Å². The summed E-state index contributed by atoms with van der Waals surface area (Å²) in [4.78, 5) is 2.53. The van der Waals surface area contributed by atoms with Crippen LogP contribution in [0.15, 0.2) is 0 Å². The first kappa shape index (κ1) is 13.3. The molecular formula is C14H28N2O. The van der Waals surface area contributed by atoms with E-state index in [2.05, 4.69) is 17.1 Å². The number of rotatable bonds is 4. The van der Waals surface area contributed by atoms with Crippen molar-refractivity contribution in [2.24, 2.45) is 5.92 Å². The number of aliphatic hydroxyl groups excluding tert-OH is 1. The van der Waals surface area contributed by atoms with E-state index in [9.17, 15) is 5.11 Å². The zero-order valence-corrected chi connectivity index (χ0v) is 11.2. The summed E-state index contributed by atoms with van der Waals surface area (Å²) in [7, 11) is 0. The van der Waals surface area contributed by atoms with Crippen molar-refractivity contribution >= 4 is 0 Å². The average Bonchev–Trinajstić information content (AvgIpc) is 2.40. The molecule has 0 radical (unpaired) electrons. The zero-order valence-electron chi connectivity index (χ0n) is 11.2. The second-order valence-electron chi connectivity index (χ2n) is 5.71. The molecule has 2 unspecified atom stereocenters. The van der Waals surface area contributed by atoms with Crippen molar-refractivity contribution in [3.8, 4) is 0 Å². The molecule has 3 heteroatoms. The molecule has 0 spiro atoms. The van der Waals surface area contributed by atoms with Gasteiger partial charge in [0.15, 0.2) is 0 Å². The summed E-state index contributed by atoms with van der Waals surface area (Å²) in [6.45, 7) is 6.28. The first-order chi connectivity index (χ1) is 8.33. The van der Waals surface area contributed by atoms with E-state index in [4.69, 9.17) is 0 Å². The molecule has 0 aromatic carbocycles. The van der Waals surface area contributed by atoms with Gasteiger partial charge in [-0.3, -0.25) is 0 Å². The highest BCUT2D eigenvalue weighted by Gasteiger charge is 2.27. The number of piperidine rings is 1. The van der Waals surface area contributed by atoms with Gasteiger partial charge in [0.2, 0.25) is 0 Å². The van der Waals surface area contributed by atoms with E-state index in [1.54, 1.807) is 0 Å². The van der Waals surface area contributed by atoms with Crippen LogP contribution < -0.4 is 5.32 Å². The Kier molecular flexibility index (Phi) is 5.26. The number of hydrogen-bond acceptors (Lipinski definition) is 3. The van der Waals surface area contributed by atoms with Crippen LogP contribution in [0.3, 0.4) is 0 Å². The Balaban J connectivity index is 1.76. The molecule has 1 saturated heterocycles. The van der Waals surface area contributed by atoms with Crippen molar-refractivity contribution in [3.05, 3.63) is 0 Å². The van der Waals surface area contributed by atoms with E-state index >= 15 is 0 Å². The molecule has 2 fully saturated rings. The van der Waals surface area contributed by atoms with Crippen LogP contribution in [0, 0.1) is 5.92 Å². The second-order valence-corrected chi connectivity index (χ2v) is 5.71. The summed E-state index contributed by atoms with van der Waals surface area (Å²) in [6.07, 6.45) is 7.67. The number of nitrogens with zero attached hydrogens (tertiary/aromatic N) is 1. The van der Waals surface area contributed by atoms with E-state index in [0.29, 0.717) is 24.6 Å². The van der Waals surface area contributed by atoms with Crippen LogP contribution in [0.1, 0.15) is 45.4 Å². The highest BCUT2D eigenvalue weighted by molar-refractivity contribution is 4.86. The third-order valence-electron chi connectivity index (χ3n) is 4.63. The lowest BCUT2D eigenvalue weighted by Crippen LogP contribution is -2.49. The van der Waals surface area contributed by atoms with Crippen LogP contribution in [0.2, 0.25) is 0 Å². The number of nitrogens with one attached hydrogen (secondary N) is 1. The number of hydrogen-bond donors (Lipinski definition) is 2. The lowest BCUT2D eigenvalue weighted by Gasteiger charge is -2.38. The largest absolute Gasteiger partial charge is 0.396 e. The lowest BCUT2D eigenvalue weighted by molar-refractivity contribution is 0.129. The van der Waals surface area contributed by atoms with Crippen molar-refractivity contribution < 1.29 is 5.11 Å². The minimum atomic E-state index is 0.367. The molecule has 1 aliphatic carbocycles. The Morgan fingerprint density at radius 1 is 1.12 bits per heavy atom. The second kappa shape index (κ2) is 6.72. The van der Waals surface area contributed by atoms with Gasteiger partial charge in [0, 0.05) is 18.7 Å². The molecule has 2 atom stereocenters. The number of aliphatic hydroxyl groups is 1. The van der Waals surface area contributed by atoms with Crippen LogP contribution >= 0.6 is 0 Å². The van der Waals surface area contributed by atoms with Crippen molar-refractivity contribution in [2.75, 3.05) is 26.2 Å². The molecule has 17 heavy (non-hydrogen) atoms. The van der Waals surface area contributed by atoms with Gasteiger partial charge < -0.3 is 15.3 Å². The monoisotopic (exact) mass is 240 g/mol. The summed E-state index contributed by atoms with van der Waals surface area (Å²) >= 11 is 0. The van der Waals surface area contributed by atoms with Gasteiger partial charge in [-0.1, -0.05) is 19.8 Å². The predicted octanol–water partition coefficient (Wildman–Crippen LogP) is 1.61. The van der Waals surface area contributed by atoms with E-state index in [1.165, 1.54) is 58.2 Å². The molecule has 0 aromatic heterocycles. The van der Waals surface area contributed by atoms with Gasteiger partial charge in [0.05, 0.1) is 0 Å². The Labute approximate surface area is 106 Å². The van der Waals surface area contributed by atoms with Crippen LogP contribution in [0.5, 0.6) is 0 Å².